The average molecular weight is 230 g/mol. The van der Waals surface area contributed by atoms with Gasteiger partial charge in [0.2, 0.25) is 0 Å². The Morgan fingerprint density at radius 1 is 1.24 bits per heavy atom. The first kappa shape index (κ1) is 12.0. The summed E-state index contributed by atoms with van der Waals surface area (Å²) in [6.45, 7) is 3.36. The van der Waals surface area contributed by atoms with Gasteiger partial charge in [-0.3, -0.25) is 4.98 Å². The van der Waals surface area contributed by atoms with Crippen LogP contribution < -0.4 is 5.73 Å². The van der Waals surface area contributed by atoms with E-state index in [2.05, 4.69) is 18.0 Å². The fraction of sp³-hybridized carbons (Fsp3) is 0.357. The van der Waals surface area contributed by atoms with Crippen LogP contribution in [-0.4, -0.2) is 18.2 Å². The van der Waals surface area contributed by atoms with Crippen LogP contribution in [0.3, 0.4) is 0 Å². The molecule has 0 fully saturated rings. The summed E-state index contributed by atoms with van der Waals surface area (Å²) in [7, 11) is 0. The lowest BCUT2D eigenvalue weighted by Crippen LogP contribution is -2.18. The average Bonchev–Trinajstić information content (AvgIpc) is 2.38. The smallest absolute Gasteiger partial charge is 0.0708 e. The second-order valence-electron chi connectivity index (χ2n) is 4.11. The maximum Gasteiger partial charge on any atom is 0.0708 e. The number of hydrogen-bond acceptors (Lipinski definition) is 3. The summed E-state index contributed by atoms with van der Waals surface area (Å²) < 4.78 is 5.45. The number of nitrogens with zero attached hydrogens (tertiary/aromatic N) is 1. The van der Waals surface area contributed by atoms with Crippen molar-refractivity contribution in [3.8, 4) is 0 Å². The normalized spacial score (nSPS) is 12.8. The molecule has 1 aromatic carbocycles. The Labute approximate surface area is 102 Å². The lowest BCUT2D eigenvalue weighted by molar-refractivity contribution is 0.121. The minimum absolute atomic E-state index is 0.147. The third kappa shape index (κ3) is 3.02. The third-order valence-electron chi connectivity index (χ3n) is 2.65. The summed E-state index contributed by atoms with van der Waals surface area (Å²) in [5.41, 5.74) is 7.91. The monoisotopic (exact) mass is 230 g/mol. The summed E-state index contributed by atoms with van der Waals surface area (Å²) in [6.07, 6.45) is 1.01. The predicted octanol–water partition coefficient (Wildman–Crippen LogP) is 2.66. The van der Waals surface area contributed by atoms with Crippen LogP contribution in [0.4, 0.5) is 0 Å². The minimum atomic E-state index is -0.147. The molecule has 2 rings (SSSR count). The zero-order valence-electron chi connectivity index (χ0n) is 10.1. The molecule has 0 amide bonds. The molecule has 0 aliphatic rings. The first-order chi connectivity index (χ1) is 8.31. The number of aromatic nitrogens is 1. The van der Waals surface area contributed by atoms with Gasteiger partial charge in [-0.1, -0.05) is 31.2 Å². The maximum absolute atomic E-state index is 6.04. The van der Waals surface area contributed by atoms with E-state index in [-0.39, 0.29) is 6.04 Å². The number of pyridine rings is 1. The fourth-order valence-electron chi connectivity index (χ4n) is 1.73. The highest BCUT2D eigenvalue weighted by Gasteiger charge is 2.08. The number of para-hydroxylation sites is 1. The minimum Gasteiger partial charge on any atom is -0.379 e. The Hall–Kier alpha value is -1.45. The number of ether oxygens (including phenoxy) is 1. The van der Waals surface area contributed by atoms with Crippen molar-refractivity contribution in [1.82, 2.24) is 4.98 Å². The Kier molecular flexibility index (Phi) is 4.07. The van der Waals surface area contributed by atoms with E-state index in [0.717, 1.165) is 29.6 Å². The van der Waals surface area contributed by atoms with Gasteiger partial charge < -0.3 is 10.5 Å². The highest BCUT2D eigenvalue weighted by molar-refractivity contribution is 5.78. The predicted molar refractivity (Wildman–Crippen MR) is 69.8 cm³/mol. The van der Waals surface area contributed by atoms with Crippen molar-refractivity contribution >= 4 is 10.9 Å². The third-order valence-corrected chi connectivity index (χ3v) is 2.65. The molecule has 3 nitrogen and oxygen atoms in total. The van der Waals surface area contributed by atoms with E-state index in [1.807, 2.05) is 30.3 Å². The van der Waals surface area contributed by atoms with Crippen LogP contribution in [-0.2, 0) is 4.74 Å². The molecule has 1 atom stereocenters. The van der Waals surface area contributed by atoms with Gasteiger partial charge >= 0.3 is 0 Å². The molecule has 3 heteroatoms. The van der Waals surface area contributed by atoms with E-state index in [1.54, 1.807) is 0 Å². The molecule has 2 N–H and O–H groups in total. The molecule has 0 aliphatic heterocycles. The molecule has 1 unspecified atom stereocenters. The van der Waals surface area contributed by atoms with Crippen LogP contribution in [0.2, 0.25) is 0 Å². The van der Waals surface area contributed by atoms with Gasteiger partial charge in [-0.05, 0) is 18.6 Å². The molecule has 0 bridgehead atoms. The standard InChI is InChI=1S/C14H18N2O/c1-2-9-17-10-12(15)14-8-7-11-5-3-4-6-13(11)16-14/h3-8,12H,2,9-10,15H2,1H3. The van der Waals surface area contributed by atoms with Crippen LogP contribution in [0.15, 0.2) is 36.4 Å². The number of nitrogens with two attached hydrogens (primary N) is 1. The summed E-state index contributed by atoms with van der Waals surface area (Å²) in [6, 6.07) is 11.9. The van der Waals surface area contributed by atoms with Crippen molar-refractivity contribution < 1.29 is 4.74 Å². The van der Waals surface area contributed by atoms with Crippen molar-refractivity contribution in [3.05, 3.63) is 42.1 Å². The van der Waals surface area contributed by atoms with E-state index in [9.17, 15) is 0 Å². The molecule has 1 aromatic heterocycles. The van der Waals surface area contributed by atoms with Gasteiger partial charge in [0, 0.05) is 12.0 Å². The van der Waals surface area contributed by atoms with Crippen molar-refractivity contribution in [3.63, 3.8) is 0 Å². The van der Waals surface area contributed by atoms with Crippen molar-refractivity contribution in [2.75, 3.05) is 13.2 Å². The van der Waals surface area contributed by atoms with E-state index >= 15 is 0 Å². The van der Waals surface area contributed by atoms with Gasteiger partial charge in [0.15, 0.2) is 0 Å². The van der Waals surface area contributed by atoms with E-state index in [1.165, 1.54) is 0 Å². The topological polar surface area (TPSA) is 48.1 Å². The summed E-state index contributed by atoms with van der Waals surface area (Å²) in [4.78, 5) is 4.55. The van der Waals surface area contributed by atoms with Crippen LogP contribution in [0.1, 0.15) is 25.1 Å². The van der Waals surface area contributed by atoms with Gasteiger partial charge in [0.05, 0.1) is 23.9 Å². The Bertz CT molecular complexity index is 484. The maximum atomic E-state index is 6.04. The molecule has 90 valence electrons. The molecule has 0 saturated heterocycles. The SMILES string of the molecule is CCCOCC(N)c1ccc2ccccc2n1. The number of fused-ring (bicyclic) bond motifs is 1. The molecule has 0 aliphatic carbocycles. The van der Waals surface area contributed by atoms with E-state index in [4.69, 9.17) is 10.5 Å². The fourth-order valence-corrected chi connectivity index (χ4v) is 1.73. The van der Waals surface area contributed by atoms with Gasteiger partial charge in [-0.25, -0.2) is 0 Å². The zero-order valence-corrected chi connectivity index (χ0v) is 10.1. The highest BCUT2D eigenvalue weighted by atomic mass is 16.5. The Morgan fingerprint density at radius 3 is 2.88 bits per heavy atom. The molecule has 0 spiro atoms. The van der Waals surface area contributed by atoms with Crippen molar-refractivity contribution in [2.45, 2.75) is 19.4 Å². The quantitative estimate of drug-likeness (QED) is 0.803. The molecular weight excluding hydrogens is 212 g/mol. The van der Waals surface area contributed by atoms with Crippen LogP contribution in [0.5, 0.6) is 0 Å². The molecular formula is C14H18N2O. The lowest BCUT2D eigenvalue weighted by atomic mass is 10.1. The summed E-state index contributed by atoms with van der Waals surface area (Å²) >= 11 is 0. The van der Waals surface area contributed by atoms with Crippen molar-refractivity contribution in [2.24, 2.45) is 5.73 Å². The van der Waals surface area contributed by atoms with E-state index in [0.29, 0.717) is 6.61 Å². The summed E-state index contributed by atoms with van der Waals surface area (Å²) in [5, 5.41) is 1.14. The molecule has 0 radical (unpaired) electrons. The Balaban J connectivity index is 2.12. The second kappa shape index (κ2) is 5.75. The number of hydrogen-bond donors (Lipinski definition) is 1. The highest BCUT2D eigenvalue weighted by Crippen LogP contribution is 2.15. The zero-order chi connectivity index (χ0) is 12.1. The van der Waals surface area contributed by atoms with Gasteiger partial charge in [0.1, 0.15) is 0 Å². The number of rotatable bonds is 5. The van der Waals surface area contributed by atoms with Crippen molar-refractivity contribution in [1.29, 1.82) is 0 Å². The van der Waals surface area contributed by atoms with Gasteiger partial charge in [0.25, 0.3) is 0 Å². The van der Waals surface area contributed by atoms with Gasteiger partial charge in [-0.2, -0.15) is 0 Å². The van der Waals surface area contributed by atoms with Crippen LogP contribution in [0, 0.1) is 0 Å². The van der Waals surface area contributed by atoms with Crippen LogP contribution >= 0.6 is 0 Å². The molecule has 2 aromatic rings. The molecule has 17 heavy (non-hydrogen) atoms. The summed E-state index contributed by atoms with van der Waals surface area (Å²) in [5.74, 6) is 0. The second-order valence-corrected chi connectivity index (χ2v) is 4.11. The van der Waals surface area contributed by atoms with Crippen LogP contribution in [0.25, 0.3) is 10.9 Å². The molecule has 0 saturated carbocycles. The number of benzene rings is 1. The lowest BCUT2D eigenvalue weighted by Gasteiger charge is -2.12. The largest absolute Gasteiger partial charge is 0.379 e. The first-order valence-corrected chi connectivity index (χ1v) is 6.00. The molecule has 1 heterocycles. The van der Waals surface area contributed by atoms with E-state index < -0.39 is 0 Å². The van der Waals surface area contributed by atoms with Gasteiger partial charge in [-0.15, -0.1) is 0 Å². The Morgan fingerprint density at radius 2 is 2.06 bits per heavy atom. The first-order valence-electron chi connectivity index (χ1n) is 6.00.